The molecule has 1 aliphatic heterocycles. The first kappa shape index (κ1) is 18.7. The van der Waals surface area contributed by atoms with E-state index in [4.69, 9.17) is 0 Å². The maximum Gasteiger partial charge on any atom is 0.262 e. The van der Waals surface area contributed by atoms with Gasteiger partial charge < -0.3 is 4.90 Å². The van der Waals surface area contributed by atoms with E-state index in [0.29, 0.717) is 16.1 Å². The number of rotatable bonds is 4. The molecule has 1 amide bonds. The summed E-state index contributed by atoms with van der Waals surface area (Å²) in [7, 11) is 0. The number of anilines is 1. The lowest BCUT2D eigenvalue weighted by Crippen LogP contribution is -2.37. The molecule has 4 rings (SSSR count). The van der Waals surface area contributed by atoms with Gasteiger partial charge in [-0.3, -0.25) is 14.2 Å². The van der Waals surface area contributed by atoms with Crippen molar-refractivity contribution in [3.63, 3.8) is 0 Å². The van der Waals surface area contributed by atoms with Crippen molar-refractivity contribution in [3.05, 3.63) is 64.4 Å². The quantitative estimate of drug-likeness (QED) is 0.496. The van der Waals surface area contributed by atoms with E-state index in [1.165, 1.54) is 17.3 Å². The van der Waals surface area contributed by atoms with Crippen LogP contribution in [0.15, 0.2) is 58.5 Å². The van der Waals surface area contributed by atoms with E-state index in [2.05, 4.69) is 18.0 Å². The zero-order chi connectivity index (χ0) is 19.8. The first-order valence-electron chi connectivity index (χ1n) is 9.51. The maximum atomic E-state index is 13.0. The summed E-state index contributed by atoms with van der Waals surface area (Å²) < 4.78 is 1.68. The van der Waals surface area contributed by atoms with E-state index in [0.717, 1.165) is 12.1 Å². The average molecular weight is 394 g/mol. The summed E-state index contributed by atoms with van der Waals surface area (Å²) in [6.45, 7) is 5.99. The Kier molecular flexibility index (Phi) is 4.98. The number of carbonyl (C=O) groups excluding carboxylic acids is 1. The molecule has 0 spiro atoms. The van der Waals surface area contributed by atoms with E-state index in [9.17, 15) is 9.59 Å². The Morgan fingerprint density at radius 2 is 1.89 bits per heavy atom. The summed E-state index contributed by atoms with van der Waals surface area (Å²) in [6.07, 6.45) is 0.873. The zero-order valence-corrected chi connectivity index (χ0v) is 17.1. The van der Waals surface area contributed by atoms with Gasteiger partial charge in [-0.15, -0.1) is 0 Å². The monoisotopic (exact) mass is 393 g/mol. The van der Waals surface area contributed by atoms with Crippen LogP contribution in [0.2, 0.25) is 0 Å². The number of para-hydroxylation sites is 2. The molecule has 0 bridgehead atoms. The Balaban J connectivity index is 1.63. The van der Waals surface area contributed by atoms with Crippen LogP contribution in [0.1, 0.15) is 32.4 Å². The molecule has 5 nitrogen and oxygen atoms in total. The molecule has 1 aliphatic rings. The number of hydrogen-bond acceptors (Lipinski definition) is 4. The molecular formula is C22H23N3O2S. The average Bonchev–Trinajstić information content (AvgIpc) is 3.01. The van der Waals surface area contributed by atoms with Gasteiger partial charge in [-0.05, 0) is 51.0 Å². The van der Waals surface area contributed by atoms with Crippen LogP contribution >= 0.6 is 11.8 Å². The molecular weight excluding hydrogens is 370 g/mol. The van der Waals surface area contributed by atoms with Crippen molar-refractivity contribution in [2.24, 2.45) is 0 Å². The van der Waals surface area contributed by atoms with Gasteiger partial charge in [0.1, 0.15) is 0 Å². The van der Waals surface area contributed by atoms with Crippen LogP contribution in [0, 0.1) is 0 Å². The lowest BCUT2D eigenvalue weighted by atomic mass is 10.1. The van der Waals surface area contributed by atoms with Gasteiger partial charge in [0.15, 0.2) is 5.16 Å². The second-order valence-electron chi connectivity index (χ2n) is 7.41. The summed E-state index contributed by atoms with van der Waals surface area (Å²) in [5, 5.41) is 1.20. The lowest BCUT2D eigenvalue weighted by molar-refractivity contribution is -0.116. The summed E-state index contributed by atoms with van der Waals surface area (Å²) >= 11 is 1.34. The molecule has 0 fully saturated rings. The minimum atomic E-state index is -0.0598. The Morgan fingerprint density at radius 3 is 2.68 bits per heavy atom. The Hall–Kier alpha value is -2.60. The van der Waals surface area contributed by atoms with E-state index < -0.39 is 0 Å². The molecule has 1 aromatic heterocycles. The van der Waals surface area contributed by atoms with Crippen molar-refractivity contribution >= 4 is 34.3 Å². The van der Waals surface area contributed by atoms with Crippen LogP contribution in [0.3, 0.4) is 0 Å². The minimum absolute atomic E-state index is 0.0337. The third kappa shape index (κ3) is 3.22. The van der Waals surface area contributed by atoms with Gasteiger partial charge in [0.25, 0.3) is 5.56 Å². The predicted octanol–water partition coefficient (Wildman–Crippen LogP) is 4.05. The molecule has 0 aliphatic carbocycles. The molecule has 28 heavy (non-hydrogen) atoms. The topological polar surface area (TPSA) is 55.2 Å². The highest BCUT2D eigenvalue weighted by Gasteiger charge is 2.30. The Morgan fingerprint density at radius 1 is 1.18 bits per heavy atom. The summed E-state index contributed by atoms with van der Waals surface area (Å²) in [6, 6.07) is 15.5. The highest BCUT2D eigenvalue weighted by atomic mass is 32.2. The van der Waals surface area contributed by atoms with Crippen LogP contribution in [0.5, 0.6) is 0 Å². The molecule has 2 aromatic carbocycles. The molecule has 3 aromatic rings. The largest absolute Gasteiger partial charge is 0.308 e. The number of benzene rings is 2. The SMILES string of the molecule is CC1Cc2ccccc2N1C(=O)CSc1nc2ccccc2c(=O)n1C(C)C. The van der Waals surface area contributed by atoms with Gasteiger partial charge in [-0.25, -0.2) is 4.98 Å². The fraction of sp³-hybridized carbons (Fsp3) is 0.318. The molecule has 6 heteroatoms. The fourth-order valence-corrected chi connectivity index (χ4v) is 4.81. The zero-order valence-electron chi connectivity index (χ0n) is 16.3. The van der Waals surface area contributed by atoms with Crippen LogP contribution in [0.4, 0.5) is 5.69 Å². The van der Waals surface area contributed by atoms with Crippen molar-refractivity contribution in [1.82, 2.24) is 9.55 Å². The number of hydrogen-bond donors (Lipinski definition) is 0. The van der Waals surface area contributed by atoms with Gasteiger partial charge in [0.2, 0.25) is 5.91 Å². The summed E-state index contributed by atoms with van der Waals surface area (Å²) in [4.78, 5) is 32.5. The summed E-state index contributed by atoms with van der Waals surface area (Å²) in [5.41, 5.74) is 2.80. The van der Waals surface area contributed by atoms with Crippen molar-refractivity contribution in [2.75, 3.05) is 10.7 Å². The highest BCUT2D eigenvalue weighted by molar-refractivity contribution is 7.99. The number of carbonyl (C=O) groups is 1. The molecule has 0 saturated carbocycles. The molecule has 0 N–H and O–H groups in total. The van der Waals surface area contributed by atoms with Crippen LogP contribution in [-0.2, 0) is 11.2 Å². The number of nitrogens with zero attached hydrogens (tertiary/aromatic N) is 3. The van der Waals surface area contributed by atoms with Gasteiger partial charge in [-0.2, -0.15) is 0 Å². The molecule has 2 heterocycles. The van der Waals surface area contributed by atoms with E-state index >= 15 is 0 Å². The van der Waals surface area contributed by atoms with Crippen LogP contribution < -0.4 is 10.5 Å². The van der Waals surface area contributed by atoms with Crippen molar-refractivity contribution in [2.45, 2.75) is 44.4 Å². The lowest BCUT2D eigenvalue weighted by Gasteiger charge is -2.23. The first-order valence-corrected chi connectivity index (χ1v) is 10.5. The normalized spacial score (nSPS) is 16.0. The number of amides is 1. The van der Waals surface area contributed by atoms with Gasteiger partial charge in [-0.1, -0.05) is 42.1 Å². The highest BCUT2D eigenvalue weighted by Crippen LogP contribution is 2.33. The van der Waals surface area contributed by atoms with Crippen molar-refractivity contribution in [1.29, 1.82) is 0 Å². The molecule has 0 radical (unpaired) electrons. The smallest absolute Gasteiger partial charge is 0.262 e. The number of aromatic nitrogens is 2. The molecule has 0 saturated heterocycles. The standard InChI is InChI=1S/C22H23N3O2S/c1-14(2)24-21(27)17-9-5-6-10-18(17)23-22(24)28-13-20(26)25-15(3)12-16-8-4-7-11-19(16)25/h4-11,14-15H,12-13H2,1-3H3. The second-order valence-corrected chi connectivity index (χ2v) is 8.36. The van der Waals surface area contributed by atoms with Gasteiger partial charge in [0, 0.05) is 17.8 Å². The maximum absolute atomic E-state index is 13.0. The second kappa shape index (κ2) is 7.43. The number of thioether (sulfide) groups is 1. The van der Waals surface area contributed by atoms with Gasteiger partial charge >= 0.3 is 0 Å². The Bertz CT molecular complexity index is 1110. The first-order chi connectivity index (χ1) is 13.5. The van der Waals surface area contributed by atoms with Crippen LogP contribution in [0.25, 0.3) is 10.9 Å². The van der Waals surface area contributed by atoms with Crippen molar-refractivity contribution in [3.8, 4) is 0 Å². The van der Waals surface area contributed by atoms with Gasteiger partial charge in [0.05, 0.1) is 16.7 Å². The third-order valence-electron chi connectivity index (χ3n) is 5.09. The van der Waals surface area contributed by atoms with E-state index in [1.807, 2.05) is 55.1 Å². The molecule has 1 atom stereocenters. The van der Waals surface area contributed by atoms with Crippen molar-refractivity contribution < 1.29 is 4.79 Å². The third-order valence-corrected chi connectivity index (χ3v) is 6.03. The summed E-state index contributed by atoms with van der Waals surface area (Å²) in [5.74, 6) is 0.288. The fourth-order valence-electron chi connectivity index (χ4n) is 3.82. The Labute approximate surface area is 168 Å². The van der Waals surface area contributed by atoms with Crippen LogP contribution in [-0.4, -0.2) is 27.3 Å². The minimum Gasteiger partial charge on any atom is -0.308 e. The van der Waals surface area contributed by atoms with E-state index in [1.54, 1.807) is 10.6 Å². The molecule has 1 unspecified atom stereocenters. The predicted molar refractivity (Wildman–Crippen MR) is 114 cm³/mol. The number of fused-ring (bicyclic) bond motifs is 2. The molecule has 144 valence electrons. The van der Waals surface area contributed by atoms with E-state index in [-0.39, 0.29) is 29.3 Å².